The molecule has 0 atom stereocenters. The highest BCUT2D eigenvalue weighted by molar-refractivity contribution is 6.30. The number of aryl methyl sites for hydroxylation is 1. The summed E-state index contributed by atoms with van der Waals surface area (Å²) in [5.41, 5.74) is 4.81. The van der Waals surface area contributed by atoms with Crippen molar-refractivity contribution in [1.82, 2.24) is 4.57 Å². The van der Waals surface area contributed by atoms with Crippen LogP contribution in [0.15, 0.2) is 72.8 Å². The van der Waals surface area contributed by atoms with Crippen LogP contribution in [0.4, 0.5) is 0 Å². The number of nitrogens with zero attached hydrogens (tertiary/aromatic N) is 2. The Balaban J connectivity index is 1.66. The summed E-state index contributed by atoms with van der Waals surface area (Å²) < 4.78 is 10.7. The maximum Gasteiger partial charge on any atom is 0.254 e. The molecule has 0 saturated carbocycles. The largest absolute Gasteiger partial charge is 0.489 e. The molecule has 0 amide bonds. The summed E-state index contributed by atoms with van der Waals surface area (Å²) in [6, 6.07) is 24.7. The molecule has 0 spiro atoms. The number of imidazole rings is 1. The van der Waals surface area contributed by atoms with E-state index in [1.807, 2.05) is 30.3 Å². The monoisotopic (exact) mass is 391 g/mol. The van der Waals surface area contributed by atoms with Crippen LogP contribution in [0, 0.1) is 6.92 Å². The van der Waals surface area contributed by atoms with Crippen molar-refractivity contribution in [2.24, 2.45) is 0 Å². The van der Waals surface area contributed by atoms with Gasteiger partial charge in [0.15, 0.2) is 11.0 Å². The summed E-state index contributed by atoms with van der Waals surface area (Å²) >= 11 is 6.03. The van der Waals surface area contributed by atoms with Gasteiger partial charge in [-0.1, -0.05) is 54.1 Å². The molecule has 0 radical (unpaired) electrons. The lowest BCUT2D eigenvalue weighted by atomic mass is 10.2. The number of benzene rings is 3. The highest BCUT2D eigenvalue weighted by atomic mass is 35.5. The van der Waals surface area contributed by atoms with Crippen molar-refractivity contribution in [2.75, 3.05) is 0 Å². The molecular formula is C24H24ClN2O+. The van der Waals surface area contributed by atoms with Crippen molar-refractivity contribution in [3.63, 3.8) is 0 Å². The van der Waals surface area contributed by atoms with Crippen LogP contribution >= 0.6 is 11.6 Å². The van der Waals surface area contributed by atoms with E-state index in [-0.39, 0.29) is 0 Å². The first-order valence-corrected chi connectivity index (χ1v) is 9.97. The summed E-state index contributed by atoms with van der Waals surface area (Å²) in [4.78, 5) is 0. The average Bonchev–Trinajstić information content (AvgIpc) is 2.99. The Hall–Kier alpha value is -2.78. The molecule has 0 aliphatic carbocycles. The van der Waals surface area contributed by atoms with Crippen LogP contribution in [-0.2, 0) is 19.7 Å². The first kappa shape index (κ1) is 18.6. The molecule has 1 heterocycles. The topological polar surface area (TPSA) is 18.0 Å². The first-order chi connectivity index (χ1) is 13.7. The highest BCUT2D eigenvalue weighted by Gasteiger charge is 2.21. The zero-order chi connectivity index (χ0) is 19.5. The van der Waals surface area contributed by atoms with Crippen molar-refractivity contribution in [2.45, 2.75) is 33.5 Å². The molecule has 28 heavy (non-hydrogen) atoms. The number of hydrogen-bond acceptors (Lipinski definition) is 1. The number of ether oxygens (including phenoxy) is 1. The third-order valence-corrected chi connectivity index (χ3v) is 5.38. The van der Waals surface area contributed by atoms with Gasteiger partial charge in [-0.05, 0) is 42.3 Å². The van der Waals surface area contributed by atoms with Crippen LogP contribution in [0.2, 0.25) is 5.02 Å². The SMILES string of the molecule is CCn1c(C)[n+](Cc2ccc(Cl)cc2)c2ccc(OCc3ccccc3)cc21. The minimum atomic E-state index is 0.572. The molecule has 0 unspecified atom stereocenters. The minimum absolute atomic E-state index is 0.572. The maximum absolute atomic E-state index is 6.04. The average molecular weight is 392 g/mol. The van der Waals surface area contributed by atoms with Crippen LogP contribution in [0.25, 0.3) is 11.0 Å². The number of fused-ring (bicyclic) bond motifs is 1. The Morgan fingerprint density at radius 1 is 0.929 bits per heavy atom. The van der Waals surface area contributed by atoms with Gasteiger partial charge in [-0.2, -0.15) is 0 Å². The molecular weight excluding hydrogens is 368 g/mol. The lowest BCUT2D eigenvalue weighted by Crippen LogP contribution is -2.37. The Kier molecular flexibility index (Phi) is 5.36. The van der Waals surface area contributed by atoms with Crippen LogP contribution in [0.5, 0.6) is 5.75 Å². The standard InChI is InChI=1S/C24H24ClN2O/c1-3-26-18(2)27(16-19-9-11-21(25)12-10-19)23-14-13-22(15-24(23)26)28-17-20-7-5-4-6-8-20/h4-15H,3,16-17H2,1-2H3/q+1. The second-order valence-corrected chi connectivity index (χ2v) is 7.37. The molecule has 0 aliphatic rings. The third kappa shape index (κ3) is 3.76. The zero-order valence-electron chi connectivity index (χ0n) is 16.2. The quantitative estimate of drug-likeness (QED) is 0.395. The molecule has 4 aromatic rings. The van der Waals surface area contributed by atoms with Crippen molar-refractivity contribution >= 4 is 22.6 Å². The van der Waals surface area contributed by atoms with E-state index in [1.54, 1.807) is 0 Å². The summed E-state index contributed by atoms with van der Waals surface area (Å²) in [6.07, 6.45) is 0. The van der Waals surface area contributed by atoms with Gasteiger partial charge < -0.3 is 4.74 Å². The second-order valence-electron chi connectivity index (χ2n) is 6.93. The molecule has 3 nitrogen and oxygen atoms in total. The normalized spacial score (nSPS) is 11.1. The fourth-order valence-corrected chi connectivity index (χ4v) is 3.77. The molecule has 0 saturated heterocycles. The van der Waals surface area contributed by atoms with E-state index in [4.69, 9.17) is 16.3 Å². The number of aromatic nitrogens is 2. The van der Waals surface area contributed by atoms with Gasteiger partial charge in [0.2, 0.25) is 0 Å². The van der Waals surface area contributed by atoms with E-state index in [0.29, 0.717) is 6.61 Å². The molecule has 142 valence electrons. The Bertz CT molecular complexity index is 1090. The molecule has 4 heteroatoms. The van der Waals surface area contributed by atoms with Crippen LogP contribution in [0.1, 0.15) is 23.9 Å². The third-order valence-electron chi connectivity index (χ3n) is 5.13. The molecule has 0 fully saturated rings. The van der Waals surface area contributed by atoms with E-state index in [0.717, 1.165) is 23.9 Å². The van der Waals surface area contributed by atoms with Gasteiger partial charge in [-0.3, -0.25) is 0 Å². The fraction of sp³-hybridized carbons (Fsp3) is 0.208. The highest BCUT2D eigenvalue weighted by Crippen LogP contribution is 2.22. The summed E-state index contributed by atoms with van der Waals surface area (Å²) in [6.45, 7) is 6.65. The zero-order valence-corrected chi connectivity index (χ0v) is 17.0. The molecule has 0 bridgehead atoms. The first-order valence-electron chi connectivity index (χ1n) is 9.59. The van der Waals surface area contributed by atoms with Crippen LogP contribution < -0.4 is 9.30 Å². The van der Waals surface area contributed by atoms with E-state index in [1.165, 1.54) is 28.0 Å². The maximum atomic E-state index is 6.04. The van der Waals surface area contributed by atoms with Gasteiger partial charge in [0.1, 0.15) is 18.9 Å². The van der Waals surface area contributed by atoms with Gasteiger partial charge in [-0.25, -0.2) is 9.13 Å². The fourth-order valence-electron chi connectivity index (χ4n) is 3.64. The number of hydrogen-bond donors (Lipinski definition) is 0. The van der Waals surface area contributed by atoms with Gasteiger partial charge in [-0.15, -0.1) is 0 Å². The van der Waals surface area contributed by atoms with E-state index in [9.17, 15) is 0 Å². The molecule has 3 aromatic carbocycles. The van der Waals surface area contributed by atoms with Gasteiger partial charge in [0.25, 0.3) is 5.82 Å². The molecule has 1 aromatic heterocycles. The summed E-state index contributed by atoms with van der Waals surface area (Å²) in [5, 5.41) is 0.765. The Morgan fingerprint density at radius 3 is 2.39 bits per heavy atom. The summed E-state index contributed by atoms with van der Waals surface area (Å²) in [5.74, 6) is 2.12. The molecule has 4 rings (SSSR count). The molecule has 0 aliphatic heterocycles. The van der Waals surface area contributed by atoms with Gasteiger partial charge in [0, 0.05) is 18.0 Å². The number of halogens is 1. The predicted molar refractivity (Wildman–Crippen MR) is 114 cm³/mol. The minimum Gasteiger partial charge on any atom is -0.489 e. The second kappa shape index (κ2) is 8.07. The van der Waals surface area contributed by atoms with E-state index < -0.39 is 0 Å². The van der Waals surface area contributed by atoms with E-state index in [2.05, 4.69) is 65.4 Å². The van der Waals surface area contributed by atoms with E-state index >= 15 is 0 Å². The van der Waals surface area contributed by atoms with Crippen LogP contribution in [0.3, 0.4) is 0 Å². The molecule has 0 N–H and O–H groups in total. The van der Waals surface area contributed by atoms with Gasteiger partial charge >= 0.3 is 0 Å². The predicted octanol–water partition coefficient (Wildman–Crippen LogP) is 5.54. The Labute approximate surface area is 170 Å². The number of rotatable bonds is 6. The smallest absolute Gasteiger partial charge is 0.254 e. The van der Waals surface area contributed by atoms with Crippen molar-refractivity contribution in [1.29, 1.82) is 0 Å². The van der Waals surface area contributed by atoms with Gasteiger partial charge in [0.05, 0.1) is 6.54 Å². The van der Waals surface area contributed by atoms with Crippen LogP contribution in [-0.4, -0.2) is 4.57 Å². The van der Waals surface area contributed by atoms with Crippen molar-refractivity contribution < 1.29 is 9.30 Å². The lowest BCUT2D eigenvalue weighted by Gasteiger charge is -2.06. The van der Waals surface area contributed by atoms with Crippen molar-refractivity contribution in [3.8, 4) is 5.75 Å². The Morgan fingerprint density at radius 2 is 1.68 bits per heavy atom. The van der Waals surface area contributed by atoms with Crippen molar-refractivity contribution in [3.05, 3.63) is 94.8 Å². The lowest BCUT2D eigenvalue weighted by molar-refractivity contribution is -0.669. The summed E-state index contributed by atoms with van der Waals surface area (Å²) in [7, 11) is 0.